The Morgan fingerprint density at radius 1 is 1.31 bits per heavy atom. The molecule has 1 aromatic heterocycles. The highest BCUT2D eigenvalue weighted by Gasteiger charge is 2.47. The van der Waals surface area contributed by atoms with E-state index in [1.807, 2.05) is 30.3 Å². The summed E-state index contributed by atoms with van der Waals surface area (Å²) in [6, 6.07) is 9.88. The van der Waals surface area contributed by atoms with Gasteiger partial charge < -0.3 is 10.1 Å². The summed E-state index contributed by atoms with van der Waals surface area (Å²) in [5, 5.41) is 10.4. The van der Waals surface area contributed by atoms with Crippen molar-refractivity contribution in [2.75, 3.05) is 0 Å². The van der Waals surface area contributed by atoms with E-state index in [1.54, 1.807) is 0 Å². The van der Waals surface area contributed by atoms with Crippen molar-refractivity contribution in [3.63, 3.8) is 0 Å². The Kier molecular flexibility index (Phi) is 1.84. The van der Waals surface area contributed by atoms with Gasteiger partial charge in [-0.3, -0.25) is 4.79 Å². The number of carboxylic acids is 1. The minimum Gasteiger partial charge on any atom is -0.481 e. The Hall–Kier alpha value is -1.77. The second kappa shape index (κ2) is 3.11. The van der Waals surface area contributed by atoms with Crippen LogP contribution in [-0.2, 0) is 10.2 Å². The number of rotatable bonds is 2. The number of aliphatic carboxylic acids is 1. The highest BCUT2D eigenvalue weighted by atomic mass is 16.4. The van der Waals surface area contributed by atoms with Gasteiger partial charge in [0, 0.05) is 11.2 Å². The fourth-order valence-electron chi connectivity index (χ4n) is 2.46. The van der Waals surface area contributed by atoms with E-state index < -0.39 is 11.4 Å². The van der Waals surface area contributed by atoms with Crippen LogP contribution < -0.4 is 0 Å². The lowest BCUT2D eigenvalue weighted by Crippen LogP contribution is -2.42. The first-order valence-electron chi connectivity index (χ1n) is 5.54. The van der Waals surface area contributed by atoms with Crippen LogP contribution in [0.5, 0.6) is 0 Å². The largest absolute Gasteiger partial charge is 0.481 e. The summed E-state index contributed by atoms with van der Waals surface area (Å²) in [6.45, 7) is 0. The van der Waals surface area contributed by atoms with Crippen molar-refractivity contribution in [2.24, 2.45) is 0 Å². The summed E-state index contributed by atoms with van der Waals surface area (Å²) in [7, 11) is 0. The molecule has 0 atom stereocenters. The van der Waals surface area contributed by atoms with Crippen molar-refractivity contribution < 1.29 is 9.90 Å². The van der Waals surface area contributed by atoms with Gasteiger partial charge in [0.2, 0.25) is 0 Å². The molecule has 0 unspecified atom stereocenters. The van der Waals surface area contributed by atoms with E-state index in [9.17, 15) is 9.90 Å². The van der Waals surface area contributed by atoms with Crippen LogP contribution in [0.15, 0.2) is 30.3 Å². The SMILES string of the molecule is O=C(O)C1(c2cc3ccccc3[nH]2)CCC1. The van der Waals surface area contributed by atoms with Crippen LogP contribution >= 0.6 is 0 Å². The molecule has 1 fully saturated rings. The molecule has 1 aliphatic rings. The number of carbonyl (C=O) groups is 1. The van der Waals surface area contributed by atoms with E-state index in [0.29, 0.717) is 0 Å². The van der Waals surface area contributed by atoms with Crippen LogP contribution in [0.4, 0.5) is 0 Å². The third-order valence-electron chi connectivity index (χ3n) is 3.66. The summed E-state index contributed by atoms with van der Waals surface area (Å²) in [5.41, 5.74) is 1.22. The van der Waals surface area contributed by atoms with Crippen LogP contribution in [0.3, 0.4) is 0 Å². The maximum Gasteiger partial charge on any atom is 0.315 e. The van der Waals surface area contributed by atoms with Gasteiger partial charge in [0.05, 0.1) is 0 Å². The molecule has 0 amide bonds. The van der Waals surface area contributed by atoms with Crippen LogP contribution in [0.1, 0.15) is 25.0 Å². The van der Waals surface area contributed by atoms with Crippen molar-refractivity contribution in [1.29, 1.82) is 0 Å². The molecule has 0 aliphatic heterocycles. The Labute approximate surface area is 93.1 Å². The van der Waals surface area contributed by atoms with Gasteiger partial charge in [-0.15, -0.1) is 0 Å². The quantitative estimate of drug-likeness (QED) is 0.809. The maximum atomic E-state index is 11.4. The van der Waals surface area contributed by atoms with Crippen molar-refractivity contribution >= 4 is 16.9 Å². The van der Waals surface area contributed by atoms with Crippen LogP contribution in [0.25, 0.3) is 10.9 Å². The average molecular weight is 215 g/mol. The Bertz CT molecular complexity index is 519. The number of hydrogen-bond acceptors (Lipinski definition) is 1. The van der Waals surface area contributed by atoms with Gasteiger partial charge in [-0.2, -0.15) is 0 Å². The number of H-pyrrole nitrogens is 1. The molecular weight excluding hydrogens is 202 g/mol. The van der Waals surface area contributed by atoms with E-state index in [4.69, 9.17) is 0 Å². The highest BCUT2D eigenvalue weighted by molar-refractivity contribution is 5.87. The Balaban J connectivity index is 2.15. The smallest absolute Gasteiger partial charge is 0.315 e. The summed E-state index contributed by atoms with van der Waals surface area (Å²) in [5.74, 6) is -0.703. The lowest BCUT2D eigenvalue weighted by atomic mass is 9.66. The van der Waals surface area contributed by atoms with Gasteiger partial charge in [-0.05, 0) is 30.4 Å². The van der Waals surface area contributed by atoms with Gasteiger partial charge >= 0.3 is 5.97 Å². The molecule has 2 N–H and O–H groups in total. The first-order chi connectivity index (χ1) is 7.72. The number of fused-ring (bicyclic) bond motifs is 1. The number of benzene rings is 1. The molecule has 1 aromatic carbocycles. The number of para-hydroxylation sites is 1. The lowest BCUT2D eigenvalue weighted by Gasteiger charge is -2.36. The van der Waals surface area contributed by atoms with Gasteiger partial charge in [0.1, 0.15) is 5.41 Å². The number of aromatic amines is 1. The Morgan fingerprint density at radius 2 is 2.06 bits per heavy atom. The molecule has 3 nitrogen and oxygen atoms in total. The molecule has 1 heterocycles. The van der Waals surface area contributed by atoms with Gasteiger partial charge in [-0.25, -0.2) is 0 Å². The minimum atomic E-state index is -0.703. The summed E-state index contributed by atoms with van der Waals surface area (Å²) in [6.07, 6.45) is 2.49. The van der Waals surface area contributed by atoms with E-state index in [0.717, 1.165) is 35.9 Å². The predicted molar refractivity (Wildman–Crippen MR) is 61.5 cm³/mol. The molecule has 82 valence electrons. The summed E-state index contributed by atoms with van der Waals surface area (Å²) in [4.78, 5) is 14.6. The van der Waals surface area contributed by atoms with Gasteiger partial charge in [-0.1, -0.05) is 24.6 Å². The fraction of sp³-hybridized carbons (Fsp3) is 0.308. The molecule has 0 spiro atoms. The second-order valence-corrected chi connectivity index (χ2v) is 4.51. The predicted octanol–water partition coefficient (Wildman–Crippen LogP) is 2.67. The number of carboxylic acid groups (broad SMARTS) is 1. The molecule has 16 heavy (non-hydrogen) atoms. The third-order valence-corrected chi connectivity index (χ3v) is 3.66. The van der Waals surface area contributed by atoms with Crippen molar-refractivity contribution in [3.8, 4) is 0 Å². The first-order valence-corrected chi connectivity index (χ1v) is 5.54. The van der Waals surface area contributed by atoms with Gasteiger partial charge in [0.25, 0.3) is 0 Å². The zero-order valence-electron chi connectivity index (χ0n) is 8.86. The van der Waals surface area contributed by atoms with E-state index in [2.05, 4.69) is 4.98 Å². The third kappa shape index (κ3) is 1.11. The molecule has 1 aliphatic carbocycles. The van der Waals surface area contributed by atoms with E-state index >= 15 is 0 Å². The minimum absolute atomic E-state index is 0.654. The Morgan fingerprint density at radius 3 is 2.62 bits per heavy atom. The monoisotopic (exact) mass is 215 g/mol. The topological polar surface area (TPSA) is 53.1 Å². The standard InChI is InChI=1S/C13H13NO2/c15-12(16)13(6-3-7-13)11-8-9-4-1-2-5-10(9)14-11/h1-2,4-5,8,14H,3,6-7H2,(H,15,16). The molecule has 1 saturated carbocycles. The van der Waals surface area contributed by atoms with Crippen LogP contribution in [0, 0.1) is 0 Å². The van der Waals surface area contributed by atoms with Crippen LogP contribution in [-0.4, -0.2) is 16.1 Å². The molecule has 0 bridgehead atoms. The van der Waals surface area contributed by atoms with Crippen LogP contribution in [0.2, 0.25) is 0 Å². The fourth-order valence-corrected chi connectivity index (χ4v) is 2.46. The highest BCUT2D eigenvalue weighted by Crippen LogP contribution is 2.44. The average Bonchev–Trinajstić information content (AvgIpc) is 2.58. The van der Waals surface area contributed by atoms with Crippen molar-refractivity contribution in [3.05, 3.63) is 36.0 Å². The van der Waals surface area contributed by atoms with Crippen molar-refractivity contribution in [1.82, 2.24) is 4.98 Å². The molecule has 0 radical (unpaired) electrons. The number of hydrogen-bond donors (Lipinski definition) is 2. The molecule has 3 heteroatoms. The van der Waals surface area contributed by atoms with Crippen molar-refractivity contribution in [2.45, 2.75) is 24.7 Å². The molecule has 2 aromatic rings. The van der Waals surface area contributed by atoms with E-state index in [1.165, 1.54) is 0 Å². The van der Waals surface area contributed by atoms with Gasteiger partial charge in [0.15, 0.2) is 0 Å². The summed E-state index contributed by atoms with van der Waals surface area (Å²) < 4.78 is 0. The zero-order valence-corrected chi connectivity index (χ0v) is 8.86. The lowest BCUT2D eigenvalue weighted by molar-refractivity contribution is -0.147. The maximum absolute atomic E-state index is 11.4. The first kappa shape index (κ1) is 9.46. The zero-order chi connectivity index (χ0) is 11.2. The normalized spacial score (nSPS) is 18.2. The molecule has 3 rings (SSSR count). The number of nitrogens with one attached hydrogen (secondary N) is 1. The molecule has 0 saturated heterocycles. The number of aromatic nitrogens is 1. The molecular formula is C13H13NO2. The second-order valence-electron chi connectivity index (χ2n) is 4.51. The van der Waals surface area contributed by atoms with E-state index in [-0.39, 0.29) is 0 Å². The summed E-state index contributed by atoms with van der Waals surface area (Å²) >= 11 is 0.